The molecule has 0 spiro atoms. The predicted molar refractivity (Wildman–Crippen MR) is 75.7 cm³/mol. The molecule has 2 aromatic carbocycles. The number of nitrogens with one attached hydrogen (secondary N) is 1. The van der Waals surface area contributed by atoms with E-state index in [0.29, 0.717) is 5.56 Å². The summed E-state index contributed by atoms with van der Waals surface area (Å²) < 4.78 is 13.7. The van der Waals surface area contributed by atoms with Crippen molar-refractivity contribution in [3.05, 3.63) is 58.3 Å². The van der Waals surface area contributed by atoms with Crippen LogP contribution in [-0.2, 0) is 0 Å². The molecule has 0 heterocycles. The standard InChI is InChI=1S/C13H10BrFN2S/c14-11-7-8(13(16)17)1-6-12(11)18-10-4-2-9(15)3-5-10/h1-7H,(H3,16,17). The summed E-state index contributed by atoms with van der Waals surface area (Å²) in [5.74, 6) is -0.209. The minimum absolute atomic E-state index is 0.0361. The zero-order valence-electron chi connectivity index (χ0n) is 9.28. The summed E-state index contributed by atoms with van der Waals surface area (Å²) in [6.07, 6.45) is 0. The van der Waals surface area contributed by atoms with Gasteiger partial charge in [0.1, 0.15) is 11.7 Å². The van der Waals surface area contributed by atoms with Crippen LogP contribution in [-0.4, -0.2) is 5.84 Å². The lowest BCUT2D eigenvalue weighted by Crippen LogP contribution is -2.10. The van der Waals surface area contributed by atoms with Gasteiger partial charge in [-0.1, -0.05) is 17.8 Å². The highest BCUT2D eigenvalue weighted by Gasteiger charge is 2.05. The molecule has 0 saturated carbocycles. The van der Waals surface area contributed by atoms with E-state index in [1.807, 2.05) is 6.07 Å². The van der Waals surface area contributed by atoms with E-state index in [0.717, 1.165) is 14.3 Å². The van der Waals surface area contributed by atoms with Gasteiger partial charge >= 0.3 is 0 Å². The molecule has 0 aliphatic carbocycles. The van der Waals surface area contributed by atoms with Gasteiger partial charge in [-0.3, -0.25) is 5.41 Å². The van der Waals surface area contributed by atoms with Crippen molar-refractivity contribution in [3.8, 4) is 0 Å². The van der Waals surface area contributed by atoms with Crippen molar-refractivity contribution in [1.29, 1.82) is 5.41 Å². The number of benzene rings is 2. The minimum atomic E-state index is -0.245. The molecule has 2 aromatic rings. The first-order chi connectivity index (χ1) is 8.56. The maximum atomic E-state index is 12.8. The molecule has 0 aliphatic heterocycles. The van der Waals surface area contributed by atoms with Crippen LogP contribution in [0.2, 0.25) is 0 Å². The highest BCUT2D eigenvalue weighted by Crippen LogP contribution is 2.33. The van der Waals surface area contributed by atoms with Crippen LogP contribution in [0, 0.1) is 11.2 Å². The summed E-state index contributed by atoms with van der Waals surface area (Å²) in [6.45, 7) is 0. The van der Waals surface area contributed by atoms with Crippen LogP contribution in [0.4, 0.5) is 4.39 Å². The van der Waals surface area contributed by atoms with Crippen LogP contribution in [0.25, 0.3) is 0 Å². The van der Waals surface area contributed by atoms with Crippen LogP contribution >= 0.6 is 27.7 Å². The van der Waals surface area contributed by atoms with Crippen molar-refractivity contribution in [2.45, 2.75) is 9.79 Å². The first-order valence-corrected chi connectivity index (χ1v) is 6.74. The smallest absolute Gasteiger partial charge is 0.123 e. The Morgan fingerprint density at radius 3 is 2.39 bits per heavy atom. The number of hydrogen-bond acceptors (Lipinski definition) is 2. The van der Waals surface area contributed by atoms with Gasteiger partial charge in [0, 0.05) is 19.8 Å². The molecule has 0 aromatic heterocycles. The zero-order valence-corrected chi connectivity index (χ0v) is 11.7. The van der Waals surface area contributed by atoms with Crippen molar-refractivity contribution < 1.29 is 4.39 Å². The summed E-state index contributed by atoms with van der Waals surface area (Å²) in [4.78, 5) is 1.94. The molecule has 0 bridgehead atoms. The van der Waals surface area contributed by atoms with Gasteiger partial charge in [0.15, 0.2) is 0 Å². The molecule has 2 nitrogen and oxygen atoms in total. The summed E-state index contributed by atoms with van der Waals surface area (Å²) in [5, 5.41) is 7.36. The van der Waals surface area contributed by atoms with Crippen LogP contribution in [0.5, 0.6) is 0 Å². The largest absolute Gasteiger partial charge is 0.384 e. The molecule has 0 atom stereocenters. The van der Waals surface area contributed by atoms with Crippen LogP contribution in [0.3, 0.4) is 0 Å². The van der Waals surface area contributed by atoms with Crippen LogP contribution in [0.15, 0.2) is 56.7 Å². The number of rotatable bonds is 3. The SMILES string of the molecule is N=C(N)c1ccc(Sc2ccc(F)cc2)c(Br)c1. The number of amidine groups is 1. The Morgan fingerprint density at radius 1 is 1.17 bits per heavy atom. The molecule has 0 aliphatic rings. The first-order valence-electron chi connectivity index (χ1n) is 5.13. The fourth-order valence-electron chi connectivity index (χ4n) is 1.38. The molecule has 0 radical (unpaired) electrons. The lowest BCUT2D eigenvalue weighted by atomic mass is 10.2. The van der Waals surface area contributed by atoms with Gasteiger partial charge in [0.2, 0.25) is 0 Å². The summed E-state index contributed by atoms with van der Waals surface area (Å²) in [5.41, 5.74) is 6.09. The molecule has 92 valence electrons. The average Bonchev–Trinajstić information content (AvgIpc) is 2.34. The molecular weight excluding hydrogens is 315 g/mol. The lowest BCUT2D eigenvalue weighted by Gasteiger charge is -2.06. The summed E-state index contributed by atoms with van der Waals surface area (Å²) >= 11 is 4.96. The molecule has 5 heteroatoms. The third kappa shape index (κ3) is 3.11. The first kappa shape index (κ1) is 13.1. The van der Waals surface area contributed by atoms with E-state index >= 15 is 0 Å². The molecule has 0 saturated heterocycles. The third-order valence-corrected chi connectivity index (χ3v) is 4.29. The molecular formula is C13H10BrFN2S. The Labute approximate surface area is 117 Å². The molecule has 18 heavy (non-hydrogen) atoms. The van der Waals surface area contributed by atoms with E-state index in [1.54, 1.807) is 24.3 Å². The highest BCUT2D eigenvalue weighted by atomic mass is 79.9. The Kier molecular flexibility index (Phi) is 4.04. The van der Waals surface area contributed by atoms with E-state index in [9.17, 15) is 4.39 Å². The van der Waals surface area contributed by atoms with Gasteiger partial charge in [0.25, 0.3) is 0 Å². The Bertz CT molecular complexity index is 584. The second-order valence-corrected chi connectivity index (χ2v) is 5.58. The predicted octanol–water partition coefficient (Wildman–Crippen LogP) is 4.02. The number of halogens is 2. The number of hydrogen-bond donors (Lipinski definition) is 2. The summed E-state index contributed by atoms with van der Waals surface area (Å²) in [7, 11) is 0. The molecule has 0 fully saturated rings. The van der Waals surface area contributed by atoms with E-state index < -0.39 is 0 Å². The van der Waals surface area contributed by atoms with E-state index in [1.165, 1.54) is 23.9 Å². The highest BCUT2D eigenvalue weighted by molar-refractivity contribution is 9.10. The van der Waals surface area contributed by atoms with E-state index in [4.69, 9.17) is 11.1 Å². The van der Waals surface area contributed by atoms with Crippen molar-refractivity contribution in [3.63, 3.8) is 0 Å². The number of nitrogens with two attached hydrogens (primary N) is 1. The van der Waals surface area contributed by atoms with Crippen LogP contribution in [0.1, 0.15) is 5.56 Å². The molecule has 0 amide bonds. The van der Waals surface area contributed by atoms with Gasteiger partial charge in [-0.15, -0.1) is 0 Å². The van der Waals surface area contributed by atoms with E-state index in [-0.39, 0.29) is 11.7 Å². The van der Waals surface area contributed by atoms with Gasteiger partial charge in [-0.2, -0.15) is 0 Å². The minimum Gasteiger partial charge on any atom is -0.384 e. The quantitative estimate of drug-likeness (QED) is 0.661. The third-order valence-electron chi connectivity index (χ3n) is 2.28. The Balaban J connectivity index is 2.24. The molecule has 3 N–H and O–H groups in total. The topological polar surface area (TPSA) is 49.9 Å². The fraction of sp³-hybridized carbons (Fsp3) is 0. The van der Waals surface area contributed by atoms with Crippen molar-refractivity contribution in [1.82, 2.24) is 0 Å². The lowest BCUT2D eigenvalue weighted by molar-refractivity contribution is 0.626. The maximum absolute atomic E-state index is 12.8. The van der Waals surface area contributed by atoms with Crippen molar-refractivity contribution in [2.75, 3.05) is 0 Å². The molecule has 0 unspecified atom stereocenters. The maximum Gasteiger partial charge on any atom is 0.123 e. The zero-order chi connectivity index (χ0) is 13.1. The van der Waals surface area contributed by atoms with Gasteiger partial charge in [0.05, 0.1) is 0 Å². The average molecular weight is 325 g/mol. The second kappa shape index (κ2) is 5.54. The van der Waals surface area contributed by atoms with Gasteiger partial charge < -0.3 is 5.73 Å². The second-order valence-electron chi connectivity index (χ2n) is 3.61. The van der Waals surface area contributed by atoms with Crippen LogP contribution < -0.4 is 5.73 Å². The van der Waals surface area contributed by atoms with Crippen molar-refractivity contribution in [2.24, 2.45) is 5.73 Å². The Hall–Kier alpha value is -1.33. The fourth-order valence-corrected chi connectivity index (χ4v) is 2.82. The Morgan fingerprint density at radius 2 is 1.83 bits per heavy atom. The van der Waals surface area contributed by atoms with Gasteiger partial charge in [-0.25, -0.2) is 4.39 Å². The van der Waals surface area contributed by atoms with E-state index in [2.05, 4.69) is 15.9 Å². The summed E-state index contributed by atoms with van der Waals surface area (Å²) in [6, 6.07) is 11.8. The monoisotopic (exact) mass is 324 g/mol. The van der Waals surface area contributed by atoms with Crippen molar-refractivity contribution >= 4 is 33.5 Å². The molecule has 2 rings (SSSR count). The normalized spacial score (nSPS) is 10.3. The number of nitrogen functional groups attached to an aromatic ring is 1. The van der Waals surface area contributed by atoms with Gasteiger partial charge in [-0.05, 0) is 52.3 Å².